The topological polar surface area (TPSA) is 49.5 Å². The molecular weight excluding hydrogens is 188 g/mol. The number of hydrogen-bond acceptors (Lipinski definition) is 3. The van der Waals surface area contributed by atoms with E-state index in [-0.39, 0.29) is 0 Å². The molecule has 3 N–H and O–H groups in total. The molecule has 0 aliphatic carbocycles. The number of nitrogens with zero attached hydrogens (tertiary/aromatic N) is 1. The van der Waals surface area contributed by atoms with E-state index in [1.165, 1.54) is 38.8 Å². The van der Waals surface area contributed by atoms with Gasteiger partial charge in [-0.05, 0) is 52.4 Å². The van der Waals surface area contributed by atoms with Crippen LogP contribution < -0.4 is 5.73 Å². The van der Waals surface area contributed by atoms with Gasteiger partial charge in [0.15, 0.2) is 0 Å². The van der Waals surface area contributed by atoms with Gasteiger partial charge in [-0.1, -0.05) is 19.3 Å². The normalized spacial score (nSPS) is 11.2. The third-order valence-electron chi connectivity index (χ3n) is 2.69. The van der Waals surface area contributed by atoms with Crippen LogP contribution in [0.5, 0.6) is 0 Å². The van der Waals surface area contributed by atoms with Gasteiger partial charge in [-0.25, -0.2) is 0 Å². The van der Waals surface area contributed by atoms with Gasteiger partial charge in [-0.2, -0.15) is 0 Å². The molecule has 0 aromatic rings. The lowest BCUT2D eigenvalue weighted by atomic mass is 10.2. The van der Waals surface area contributed by atoms with Crippen LogP contribution in [-0.2, 0) is 0 Å². The molecule has 0 heterocycles. The molecule has 92 valence electrons. The molecule has 0 unspecified atom stereocenters. The molecule has 0 aromatic heterocycles. The summed E-state index contributed by atoms with van der Waals surface area (Å²) in [5, 5.41) is 8.62. The lowest BCUT2D eigenvalue weighted by molar-refractivity contribution is 0.277. The molecule has 0 spiro atoms. The average Bonchev–Trinajstić information content (AvgIpc) is 2.24. The van der Waals surface area contributed by atoms with Gasteiger partial charge < -0.3 is 15.7 Å². The first kappa shape index (κ1) is 14.9. The van der Waals surface area contributed by atoms with E-state index in [0.717, 1.165) is 25.8 Å². The zero-order valence-electron chi connectivity index (χ0n) is 10.2. The second-order valence-electron chi connectivity index (χ2n) is 4.29. The highest BCUT2D eigenvalue weighted by molar-refractivity contribution is 4.53. The minimum absolute atomic E-state index is 0.342. The Morgan fingerprint density at radius 2 is 1.40 bits per heavy atom. The Balaban J connectivity index is 3.08. The molecule has 0 fully saturated rings. The number of aliphatic hydroxyl groups excluding tert-OH is 1. The Labute approximate surface area is 94.6 Å². The van der Waals surface area contributed by atoms with Crippen molar-refractivity contribution in [2.45, 2.75) is 44.9 Å². The quantitative estimate of drug-likeness (QED) is 0.516. The third kappa shape index (κ3) is 11.8. The van der Waals surface area contributed by atoms with Crippen molar-refractivity contribution in [1.82, 2.24) is 4.90 Å². The van der Waals surface area contributed by atoms with E-state index in [9.17, 15) is 0 Å². The van der Waals surface area contributed by atoms with Gasteiger partial charge in [0.25, 0.3) is 0 Å². The summed E-state index contributed by atoms with van der Waals surface area (Å²) in [4.78, 5) is 2.40. The van der Waals surface area contributed by atoms with E-state index in [1.54, 1.807) is 0 Å². The van der Waals surface area contributed by atoms with Crippen LogP contribution in [0.25, 0.3) is 0 Å². The maximum absolute atomic E-state index is 8.62. The first-order valence-corrected chi connectivity index (χ1v) is 6.30. The van der Waals surface area contributed by atoms with Crippen molar-refractivity contribution < 1.29 is 5.11 Å². The van der Waals surface area contributed by atoms with Crippen LogP contribution in [0, 0.1) is 0 Å². The summed E-state index contributed by atoms with van der Waals surface area (Å²) in [6.07, 6.45) is 8.30. The van der Waals surface area contributed by atoms with Crippen molar-refractivity contribution in [2.75, 3.05) is 33.3 Å². The van der Waals surface area contributed by atoms with Gasteiger partial charge in [0, 0.05) is 6.61 Å². The van der Waals surface area contributed by atoms with Gasteiger partial charge in [0.1, 0.15) is 0 Å². The molecule has 0 rings (SSSR count). The van der Waals surface area contributed by atoms with Crippen molar-refractivity contribution in [3.05, 3.63) is 0 Å². The lowest BCUT2D eigenvalue weighted by Crippen LogP contribution is -2.21. The molecule has 0 saturated carbocycles. The van der Waals surface area contributed by atoms with Crippen LogP contribution >= 0.6 is 0 Å². The van der Waals surface area contributed by atoms with Gasteiger partial charge in [-0.15, -0.1) is 0 Å². The summed E-state index contributed by atoms with van der Waals surface area (Å²) in [6, 6.07) is 0. The highest BCUT2D eigenvalue weighted by Gasteiger charge is 1.97. The Kier molecular flexibility index (Phi) is 11.9. The van der Waals surface area contributed by atoms with Gasteiger partial charge >= 0.3 is 0 Å². The standard InChI is InChI=1S/C12H28N2O/c1-14(11-7-4-5-9-13)10-6-2-3-8-12-15/h15H,2-13H2,1H3. The second kappa shape index (κ2) is 12.0. The van der Waals surface area contributed by atoms with Crippen molar-refractivity contribution in [3.8, 4) is 0 Å². The molecule has 0 amide bonds. The molecule has 0 radical (unpaired) electrons. The molecule has 15 heavy (non-hydrogen) atoms. The number of nitrogens with two attached hydrogens (primary N) is 1. The van der Waals surface area contributed by atoms with Gasteiger partial charge in [0.2, 0.25) is 0 Å². The first-order valence-electron chi connectivity index (χ1n) is 6.30. The van der Waals surface area contributed by atoms with E-state index in [0.29, 0.717) is 6.61 Å². The van der Waals surface area contributed by atoms with Crippen LogP contribution in [0.3, 0.4) is 0 Å². The summed E-state index contributed by atoms with van der Waals surface area (Å²) in [5.74, 6) is 0. The maximum atomic E-state index is 8.62. The van der Waals surface area contributed by atoms with Crippen LogP contribution in [0.1, 0.15) is 44.9 Å². The lowest BCUT2D eigenvalue weighted by Gasteiger charge is -2.16. The number of hydrogen-bond donors (Lipinski definition) is 2. The van der Waals surface area contributed by atoms with Gasteiger partial charge in [-0.3, -0.25) is 0 Å². The highest BCUT2D eigenvalue weighted by Crippen LogP contribution is 2.02. The van der Waals surface area contributed by atoms with Crippen LogP contribution in [-0.4, -0.2) is 43.3 Å². The smallest absolute Gasteiger partial charge is 0.0431 e. The van der Waals surface area contributed by atoms with E-state index in [2.05, 4.69) is 11.9 Å². The first-order chi connectivity index (χ1) is 7.31. The Hall–Kier alpha value is -0.120. The summed E-state index contributed by atoms with van der Waals surface area (Å²) in [6.45, 7) is 3.55. The van der Waals surface area contributed by atoms with E-state index < -0.39 is 0 Å². The van der Waals surface area contributed by atoms with Crippen molar-refractivity contribution in [2.24, 2.45) is 5.73 Å². The second-order valence-corrected chi connectivity index (χ2v) is 4.29. The van der Waals surface area contributed by atoms with E-state index in [4.69, 9.17) is 10.8 Å². The Morgan fingerprint density at radius 3 is 1.93 bits per heavy atom. The van der Waals surface area contributed by atoms with Crippen LogP contribution in [0.4, 0.5) is 0 Å². The van der Waals surface area contributed by atoms with Crippen molar-refractivity contribution in [3.63, 3.8) is 0 Å². The predicted molar refractivity (Wildman–Crippen MR) is 66.0 cm³/mol. The summed E-state index contributed by atoms with van der Waals surface area (Å²) >= 11 is 0. The predicted octanol–water partition coefficient (Wildman–Crippen LogP) is 1.60. The fraction of sp³-hybridized carbons (Fsp3) is 1.00. The molecule has 3 nitrogen and oxygen atoms in total. The zero-order valence-corrected chi connectivity index (χ0v) is 10.2. The monoisotopic (exact) mass is 216 g/mol. The van der Waals surface area contributed by atoms with Gasteiger partial charge in [0.05, 0.1) is 0 Å². The van der Waals surface area contributed by atoms with Crippen LogP contribution in [0.15, 0.2) is 0 Å². The Bertz CT molecular complexity index is 120. The van der Waals surface area contributed by atoms with Crippen LogP contribution in [0.2, 0.25) is 0 Å². The summed E-state index contributed by atoms with van der Waals surface area (Å²) < 4.78 is 0. The fourth-order valence-electron chi connectivity index (χ4n) is 1.66. The molecule has 0 atom stereocenters. The minimum atomic E-state index is 0.342. The zero-order chi connectivity index (χ0) is 11.4. The average molecular weight is 216 g/mol. The molecule has 0 aliphatic rings. The fourth-order valence-corrected chi connectivity index (χ4v) is 1.66. The number of unbranched alkanes of at least 4 members (excludes halogenated alkanes) is 5. The molecule has 0 aromatic carbocycles. The minimum Gasteiger partial charge on any atom is -0.396 e. The molecule has 3 heteroatoms. The highest BCUT2D eigenvalue weighted by atomic mass is 16.2. The SMILES string of the molecule is CN(CCCCCN)CCCCCCO. The maximum Gasteiger partial charge on any atom is 0.0431 e. The van der Waals surface area contributed by atoms with E-state index in [1.807, 2.05) is 0 Å². The number of rotatable bonds is 11. The summed E-state index contributed by atoms with van der Waals surface area (Å²) in [7, 11) is 2.19. The number of aliphatic hydroxyl groups is 1. The molecular formula is C12H28N2O. The molecule has 0 bridgehead atoms. The Morgan fingerprint density at radius 1 is 0.867 bits per heavy atom. The molecule has 0 aliphatic heterocycles. The largest absolute Gasteiger partial charge is 0.396 e. The van der Waals surface area contributed by atoms with Crippen molar-refractivity contribution in [1.29, 1.82) is 0 Å². The van der Waals surface area contributed by atoms with Crippen molar-refractivity contribution >= 4 is 0 Å². The van der Waals surface area contributed by atoms with E-state index >= 15 is 0 Å². The summed E-state index contributed by atoms with van der Waals surface area (Å²) in [5.41, 5.74) is 5.44. The third-order valence-corrected chi connectivity index (χ3v) is 2.69. The molecule has 0 saturated heterocycles.